The molecule has 0 rings (SSSR count). The molecule has 0 fully saturated rings. The van der Waals surface area contributed by atoms with Crippen molar-refractivity contribution in [2.24, 2.45) is 0 Å². The summed E-state index contributed by atoms with van der Waals surface area (Å²) in [6.07, 6.45) is 23.1. The smallest absolute Gasteiger partial charge is 0.307 e. The third kappa shape index (κ3) is 39.8. The molecule has 2 unspecified atom stereocenters. The fraction of sp³-hybridized carbons (Fsp3) is 0.909. The van der Waals surface area contributed by atoms with E-state index < -0.39 is 63.7 Å². The van der Waals surface area contributed by atoms with Crippen molar-refractivity contribution in [3.8, 4) is 0 Å². The van der Waals surface area contributed by atoms with Gasteiger partial charge in [0, 0.05) is 25.9 Å². The van der Waals surface area contributed by atoms with Crippen molar-refractivity contribution in [1.82, 2.24) is 9.80 Å². The fourth-order valence-electron chi connectivity index (χ4n) is 6.12. The van der Waals surface area contributed by atoms with Gasteiger partial charge in [0.15, 0.2) is 12.2 Å². The average molecular weight is 864 g/mol. The van der Waals surface area contributed by atoms with E-state index in [-0.39, 0.29) is 32.3 Å². The van der Waals surface area contributed by atoms with E-state index in [9.17, 15) is 28.6 Å². The monoisotopic (exact) mass is 864 g/mol. The number of phosphoric ester groups is 1. The van der Waals surface area contributed by atoms with E-state index >= 15 is 0 Å². The van der Waals surface area contributed by atoms with E-state index in [2.05, 4.69) is 13.8 Å². The van der Waals surface area contributed by atoms with E-state index in [1.165, 1.54) is 89.9 Å². The Morgan fingerprint density at radius 3 is 1.08 bits per heavy atom. The Kier molecular flexibility index (Phi) is 37.4. The molecule has 0 aliphatic rings. The first-order valence-electron chi connectivity index (χ1n) is 22.9. The van der Waals surface area contributed by atoms with Crippen LogP contribution in [0.1, 0.15) is 181 Å². The summed E-state index contributed by atoms with van der Waals surface area (Å²) in [6.45, 7) is 3.13. The van der Waals surface area contributed by atoms with E-state index in [1.807, 2.05) is 0 Å². The Balaban J connectivity index is 5.11. The normalized spacial score (nSPS) is 13.6. The van der Waals surface area contributed by atoms with E-state index in [4.69, 9.17) is 28.0 Å². The summed E-state index contributed by atoms with van der Waals surface area (Å²) in [4.78, 5) is 66.5. The van der Waals surface area contributed by atoms with Crippen LogP contribution < -0.4 is 4.89 Å². The topological polar surface area (TPSA) is 170 Å². The second kappa shape index (κ2) is 38.8. The zero-order valence-corrected chi connectivity index (χ0v) is 38.9. The Morgan fingerprint density at radius 1 is 0.441 bits per heavy atom. The van der Waals surface area contributed by atoms with Crippen molar-refractivity contribution >= 4 is 31.7 Å². The molecule has 0 bridgehead atoms. The lowest BCUT2D eigenvalue weighted by atomic mass is 10.1. The van der Waals surface area contributed by atoms with E-state index in [1.54, 1.807) is 38.0 Å². The standard InChI is InChI=1S/C44H85N2O12P/c1-7-9-11-13-15-17-19-21-23-25-27-29-41(47)53-35-39(57-43(49)30-28-26-24-22-20-18-16-14-12-10-8-2)37-55-59(51,52)56-38-40(58-44(50)32-34-46(5)6)36-54-42(48)31-33-45(3)4/h39-40H,7-38H2,1-6H3,(H,51,52)/p-1/t39-,40?/m1/s1. The molecule has 59 heavy (non-hydrogen) atoms. The molecule has 0 radical (unpaired) electrons. The number of carbonyl (C=O) groups is 4. The van der Waals surface area contributed by atoms with Gasteiger partial charge in [0.1, 0.15) is 13.2 Å². The van der Waals surface area contributed by atoms with Gasteiger partial charge in [-0.25, -0.2) is 0 Å². The van der Waals surface area contributed by atoms with Gasteiger partial charge in [-0.3, -0.25) is 23.7 Å². The van der Waals surface area contributed by atoms with Gasteiger partial charge in [0.2, 0.25) is 0 Å². The van der Waals surface area contributed by atoms with Gasteiger partial charge in [-0.2, -0.15) is 0 Å². The van der Waals surface area contributed by atoms with Crippen molar-refractivity contribution in [3.05, 3.63) is 0 Å². The van der Waals surface area contributed by atoms with Crippen molar-refractivity contribution in [2.75, 3.05) is 67.7 Å². The summed E-state index contributed by atoms with van der Waals surface area (Å²) in [5, 5.41) is 0. The maximum atomic E-state index is 12.9. The first kappa shape index (κ1) is 56.9. The molecule has 14 nitrogen and oxygen atoms in total. The van der Waals surface area contributed by atoms with Crippen molar-refractivity contribution in [1.29, 1.82) is 0 Å². The maximum Gasteiger partial charge on any atom is 0.307 e. The lowest BCUT2D eigenvalue weighted by molar-refractivity contribution is -0.231. The largest absolute Gasteiger partial charge is 0.756 e. The fourth-order valence-corrected chi connectivity index (χ4v) is 6.89. The number of hydrogen-bond donors (Lipinski definition) is 0. The second-order valence-corrected chi connectivity index (χ2v) is 17.7. The van der Waals surface area contributed by atoms with Crippen LogP contribution in [-0.4, -0.2) is 114 Å². The van der Waals surface area contributed by atoms with Gasteiger partial charge in [0.25, 0.3) is 7.82 Å². The summed E-state index contributed by atoms with van der Waals surface area (Å²) in [5.74, 6) is -2.19. The minimum Gasteiger partial charge on any atom is -0.756 e. The highest BCUT2D eigenvalue weighted by Gasteiger charge is 2.24. The number of nitrogens with zero attached hydrogens (tertiary/aromatic N) is 2. The zero-order chi connectivity index (χ0) is 44.0. The van der Waals surface area contributed by atoms with Crippen LogP contribution in [0.4, 0.5) is 0 Å². The number of phosphoric acid groups is 1. The Bertz CT molecular complexity index is 1110. The van der Waals surface area contributed by atoms with Crippen LogP contribution in [0, 0.1) is 0 Å². The van der Waals surface area contributed by atoms with Crippen LogP contribution in [-0.2, 0) is 51.7 Å². The molecule has 0 aliphatic heterocycles. The molecule has 0 aromatic carbocycles. The quantitative estimate of drug-likeness (QED) is 0.0247. The molecule has 0 amide bonds. The average Bonchev–Trinajstić information content (AvgIpc) is 3.19. The van der Waals surface area contributed by atoms with Gasteiger partial charge < -0.3 is 42.7 Å². The molecular weight excluding hydrogens is 779 g/mol. The van der Waals surface area contributed by atoms with Gasteiger partial charge in [-0.1, -0.05) is 142 Å². The lowest BCUT2D eigenvalue weighted by Crippen LogP contribution is -2.33. The summed E-state index contributed by atoms with van der Waals surface area (Å²) < 4.78 is 44.5. The molecular formula is C44H84N2O12P-. The molecule has 15 heteroatoms. The van der Waals surface area contributed by atoms with Gasteiger partial charge in [-0.05, 0) is 41.0 Å². The molecule has 0 saturated heterocycles. The Hall–Kier alpha value is -2.09. The number of carbonyl (C=O) groups excluding carboxylic acids is 4. The summed E-state index contributed by atoms with van der Waals surface area (Å²) in [5.41, 5.74) is 0. The molecule has 0 spiro atoms. The zero-order valence-electron chi connectivity index (χ0n) is 38.0. The Morgan fingerprint density at radius 2 is 0.729 bits per heavy atom. The molecule has 0 saturated carbocycles. The van der Waals surface area contributed by atoms with Gasteiger partial charge >= 0.3 is 23.9 Å². The Labute approximate surface area is 358 Å². The molecule has 0 heterocycles. The number of rotatable bonds is 42. The van der Waals surface area contributed by atoms with Crippen LogP contribution in [0.2, 0.25) is 0 Å². The minimum atomic E-state index is -5.06. The number of ether oxygens (including phenoxy) is 4. The van der Waals surface area contributed by atoms with Crippen molar-refractivity contribution in [3.63, 3.8) is 0 Å². The van der Waals surface area contributed by atoms with E-state index in [0.29, 0.717) is 25.9 Å². The molecule has 0 N–H and O–H groups in total. The number of hydrogen-bond acceptors (Lipinski definition) is 14. The van der Waals surface area contributed by atoms with Crippen molar-refractivity contribution < 1.29 is 56.6 Å². The number of esters is 4. The van der Waals surface area contributed by atoms with E-state index in [0.717, 1.165) is 38.5 Å². The SMILES string of the molecule is CCCCCCCCCCCCCC(=O)OC[C@H](COP(=O)([O-])OCC(COC(=O)CCN(C)C)OC(=O)CCN(C)C)OC(=O)CCCCCCCCCCCCC. The van der Waals surface area contributed by atoms with Gasteiger partial charge in [0.05, 0.1) is 26.1 Å². The van der Waals surface area contributed by atoms with Crippen molar-refractivity contribution in [2.45, 2.75) is 193 Å². The predicted octanol–water partition coefficient (Wildman–Crippen LogP) is 8.70. The third-order valence-electron chi connectivity index (χ3n) is 9.79. The number of unbranched alkanes of at least 4 members (excludes halogenated alkanes) is 20. The van der Waals surface area contributed by atoms with Crippen LogP contribution in [0.5, 0.6) is 0 Å². The summed E-state index contributed by atoms with van der Waals surface area (Å²) in [7, 11) is 2.12. The highest BCUT2D eigenvalue weighted by molar-refractivity contribution is 7.45. The van der Waals surface area contributed by atoms with Crippen LogP contribution in [0.15, 0.2) is 0 Å². The summed E-state index contributed by atoms with van der Waals surface area (Å²) in [6, 6.07) is 0. The van der Waals surface area contributed by atoms with Gasteiger partial charge in [-0.15, -0.1) is 0 Å². The highest BCUT2D eigenvalue weighted by Crippen LogP contribution is 2.39. The lowest BCUT2D eigenvalue weighted by Gasteiger charge is -2.27. The maximum absolute atomic E-state index is 12.9. The van der Waals surface area contributed by atoms with Crippen LogP contribution in [0.25, 0.3) is 0 Å². The minimum absolute atomic E-state index is 0.0217. The molecule has 0 aromatic heterocycles. The van der Waals surface area contributed by atoms with Crippen LogP contribution >= 0.6 is 7.82 Å². The van der Waals surface area contributed by atoms with Crippen LogP contribution in [0.3, 0.4) is 0 Å². The molecule has 0 aromatic rings. The molecule has 348 valence electrons. The molecule has 3 atom stereocenters. The summed E-state index contributed by atoms with van der Waals surface area (Å²) >= 11 is 0. The predicted molar refractivity (Wildman–Crippen MR) is 230 cm³/mol. The highest BCUT2D eigenvalue weighted by atomic mass is 31.2. The third-order valence-corrected chi connectivity index (χ3v) is 10.7. The second-order valence-electron chi connectivity index (χ2n) is 16.3. The first-order chi connectivity index (χ1) is 28.3. The first-order valence-corrected chi connectivity index (χ1v) is 24.3. The molecule has 0 aliphatic carbocycles.